The van der Waals surface area contributed by atoms with Gasteiger partial charge < -0.3 is 30.8 Å². The van der Waals surface area contributed by atoms with Crippen molar-refractivity contribution in [2.75, 3.05) is 0 Å². The first-order valence-corrected chi connectivity index (χ1v) is 21.1. The van der Waals surface area contributed by atoms with Crippen molar-refractivity contribution >= 4 is 11.8 Å². The van der Waals surface area contributed by atoms with Gasteiger partial charge in [-0.25, -0.2) is 9.97 Å². The van der Waals surface area contributed by atoms with E-state index in [1.807, 2.05) is 72.8 Å². The summed E-state index contributed by atoms with van der Waals surface area (Å²) in [6, 6.07) is 34.8. The Balaban J connectivity index is 0.00000130. The Bertz CT molecular complexity index is 2350. The SMILES string of the molecule is CC(C)(C)C(NC(=O)C1(C(O)c2ccccc2)CC1)c1ncc(-c2ccc(-c3ccc(-c4cnc(CNC(=O)C5(C(O)c6ccccc6)CC5)[nH]4)cc3)cc2)[nH]1.CC(C)C. The van der Waals surface area contributed by atoms with Crippen molar-refractivity contribution in [3.8, 4) is 33.6 Å². The lowest BCUT2D eigenvalue weighted by Gasteiger charge is -2.32. The maximum absolute atomic E-state index is 13.7. The number of amides is 2. The summed E-state index contributed by atoms with van der Waals surface area (Å²) in [5.74, 6) is 1.84. The summed E-state index contributed by atoms with van der Waals surface area (Å²) in [6.07, 6.45) is 4.45. The molecule has 6 N–H and O–H groups in total. The number of H-pyrrole nitrogens is 2. The summed E-state index contributed by atoms with van der Waals surface area (Å²) in [5, 5.41) is 28.3. The number of nitrogens with zero attached hydrogens (tertiary/aromatic N) is 2. The minimum atomic E-state index is -0.863. The third kappa shape index (κ3) is 9.30. The number of imidazole rings is 2. The molecule has 8 rings (SSSR count). The van der Waals surface area contributed by atoms with E-state index >= 15 is 0 Å². The zero-order valence-corrected chi connectivity index (χ0v) is 35.5. The van der Waals surface area contributed by atoms with Crippen LogP contribution in [0.25, 0.3) is 33.6 Å². The molecule has 0 aliphatic heterocycles. The van der Waals surface area contributed by atoms with E-state index in [9.17, 15) is 19.8 Å². The van der Waals surface area contributed by atoms with E-state index in [0.717, 1.165) is 50.7 Å². The van der Waals surface area contributed by atoms with Crippen molar-refractivity contribution in [2.24, 2.45) is 22.2 Å². The highest BCUT2D eigenvalue weighted by molar-refractivity contribution is 5.87. The van der Waals surface area contributed by atoms with Crippen LogP contribution in [0.4, 0.5) is 0 Å². The molecule has 60 heavy (non-hydrogen) atoms. The highest BCUT2D eigenvalue weighted by atomic mass is 16.3. The maximum Gasteiger partial charge on any atom is 0.229 e. The molecule has 2 aliphatic rings. The Morgan fingerprint density at radius 2 is 1.05 bits per heavy atom. The number of hydrogen-bond acceptors (Lipinski definition) is 6. The van der Waals surface area contributed by atoms with Crippen LogP contribution >= 0.6 is 0 Å². The van der Waals surface area contributed by atoms with E-state index in [1.54, 1.807) is 12.4 Å². The van der Waals surface area contributed by atoms with E-state index < -0.39 is 23.0 Å². The molecule has 0 bridgehead atoms. The van der Waals surface area contributed by atoms with Crippen LogP contribution < -0.4 is 10.6 Å². The molecule has 0 saturated heterocycles. The summed E-state index contributed by atoms with van der Waals surface area (Å²) in [4.78, 5) is 42.8. The molecule has 6 aromatic rings. The average molecular weight is 807 g/mol. The van der Waals surface area contributed by atoms with Gasteiger partial charge in [0.1, 0.15) is 11.6 Å². The predicted molar refractivity (Wildman–Crippen MR) is 236 cm³/mol. The molecule has 4 aromatic carbocycles. The third-order valence-corrected chi connectivity index (χ3v) is 11.5. The Labute approximate surface area is 353 Å². The molecule has 10 heteroatoms. The van der Waals surface area contributed by atoms with Crippen LogP contribution in [0.15, 0.2) is 122 Å². The zero-order valence-electron chi connectivity index (χ0n) is 35.5. The summed E-state index contributed by atoms with van der Waals surface area (Å²) >= 11 is 0. The molecule has 2 saturated carbocycles. The molecule has 2 aliphatic carbocycles. The van der Waals surface area contributed by atoms with Crippen LogP contribution in [0, 0.1) is 22.2 Å². The molecule has 2 fully saturated rings. The second-order valence-electron chi connectivity index (χ2n) is 18.2. The highest BCUT2D eigenvalue weighted by Crippen LogP contribution is 2.56. The maximum atomic E-state index is 13.7. The van der Waals surface area contributed by atoms with E-state index in [-0.39, 0.29) is 29.8 Å². The minimum Gasteiger partial charge on any atom is -0.387 e. The van der Waals surface area contributed by atoms with Crippen LogP contribution in [0.3, 0.4) is 0 Å². The van der Waals surface area contributed by atoms with Crippen molar-refractivity contribution in [1.29, 1.82) is 0 Å². The number of aliphatic hydroxyl groups is 2. The molecule has 0 radical (unpaired) electrons. The fraction of sp³-hybridized carbons (Fsp3) is 0.360. The number of hydrogen-bond donors (Lipinski definition) is 6. The number of aliphatic hydroxyl groups excluding tert-OH is 2. The van der Waals surface area contributed by atoms with Gasteiger partial charge in [0.15, 0.2) is 0 Å². The summed E-state index contributed by atoms with van der Waals surface area (Å²) in [5.41, 5.74) is 5.32. The molecule has 0 spiro atoms. The van der Waals surface area contributed by atoms with Gasteiger partial charge in [0.2, 0.25) is 11.8 Å². The summed E-state index contributed by atoms with van der Waals surface area (Å²) in [7, 11) is 0. The normalized spacial score (nSPS) is 16.5. The topological polar surface area (TPSA) is 156 Å². The van der Waals surface area contributed by atoms with Crippen LogP contribution in [0.5, 0.6) is 0 Å². The van der Waals surface area contributed by atoms with Gasteiger partial charge in [0.25, 0.3) is 0 Å². The van der Waals surface area contributed by atoms with Crippen LogP contribution in [0.1, 0.15) is 108 Å². The quantitative estimate of drug-likeness (QED) is 0.0683. The number of aromatic nitrogens is 4. The van der Waals surface area contributed by atoms with Gasteiger partial charge in [-0.15, -0.1) is 0 Å². The van der Waals surface area contributed by atoms with Crippen molar-refractivity contribution in [3.05, 3.63) is 144 Å². The molecule has 3 unspecified atom stereocenters. The second-order valence-corrected chi connectivity index (χ2v) is 18.2. The number of carbonyl (C=O) groups is 2. The van der Waals surface area contributed by atoms with Gasteiger partial charge in [0.05, 0.1) is 59.4 Å². The molecule has 3 atom stereocenters. The molecule has 2 heterocycles. The number of benzene rings is 4. The van der Waals surface area contributed by atoms with Gasteiger partial charge >= 0.3 is 0 Å². The van der Waals surface area contributed by atoms with E-state index in [1.165, 1.54) is 0 Å². The molecular weight excluding hydrogens is 749 g/mol. The number of nitrogens with one attached hydrogen (secondary N) is 4. The molecule has 312 valence electrons. The molecule has 10 nitrogen and oxygen atoms in total. The summed E-state index contributed by atoms with van der Waals surface area (Å²) < 4.78 is 0. The summed E-state index contributed by atoms with van der Waals surface area (Å²) in [6.45, 7) is 13.0. The number of aromatic amines is 2. The lowest BCUT2D eigenvalue weighted by Crippen LogP contribution is -2.43. The van der Waals surface area contributed by atoms with Crippen LogP contribution in [-0.4, -0.2) is 42.0 Å². The van der Waals surface area contributed by atoms with Crippen LogP contribution in [0.2, 0.25) is 0 Å². The Hall–Kier alpha value is -5.84. The highest BCUT2D eigenvalue weighted by Gasteiger charge is 2.57. The van der Waals surface area contributed by atoms with Crippen molar-refractivity contribution in [2.45, 2.75) is 92.0 Å². The molecule has 2 amide bonds. The first kappa shape index (κ1) is 42.3. The fourth-order valence-corrected chi connectivity index (χ4v) is 7.65. The Morgan fingerprint density at radius 3 is 1.50 bits per heavy atom. The van der Waals surface area contributed by atoms with Crippen LogP contribution in [-0.2, 0) is 16.1 Å². The molecular formula is C50H58N6O4. The number of rotatable bonds is 13. The van der Waals surface area contributed by atoms with Gasteiger partial charge in [-0.05, 0) is 70.4 Å². The van der Waals surface area contributed by atoms with Crippen molar-refractivity contribution in [3.63, 3.8) is 0 Å². The van der Waals surface area contributed by atoms with E-state index in [0.29, 0.717) is 37.3 Å². The Kier molecular flexibility index (Phi) is 12.3. The average Bonchev–Trinajstić information content (AvgIpc) is 4.14. The predicted octanol–water partition coefficient (Wildman–Crippen LogP) is 9.64. The van der Waals surface area contributed by atoms with Crippen molar-refractivity contribution in [1.82, 2.24) is 30.6 Å². The lowest BCUT2D eigenvalue weighted by molar-refractivity contribution is -0.133. The lowest BCUT2D eigenvalue weighted by atomic mass is 9.84. The first-order chi connectivity index (χ1) is 28.7. The standard InChI is InChI=1S/C46H48N6O4.C4H10/c1-44(2,3)38(52-43(56)46(24-25-46)40(54)34-12-8-5-9-13-34)41-48-27-36(51-41)32-20-16-30(17-21-32)29-14-18-31(19-15-29)35-26-47-37(50-35)28-49-42(55)45(22-23-45)39(53)33-10-6-4-7-11-33;1-4(2)3/h4-21,26-27,38-40,53-54H,22-25,28H2,1-3H3,(H,47,50)(H,48,51)(H,49,55)(H,52,56);4H,1-3H3. The minimum absolute atomic E-state index is 0.151. The van der Waals surface area contributed by atoms with E-state index in [4.69, 9.17) is 4.98 Å². The molecule has 2 aromatic heterocycles. The zero-order chi connectivity index (χ0) is 42.7. The van der Waals surface area contributed by atoms with Crippen molar-refractivity contribution < 1.29 is 19.8 Å². The number of carbonyl (C=O) groups excluding carboxylic acids is 2. The van der Waals surface area contributed by atoms with Gasteiger partial charge in [-0.2, -0.15) is 0 Å². The van der Waals surface area contributed by atoms with Gasteiger partial charge in [0, 0.05) is 0 Å². The Morgan fingerprint density at radius 1 is 0.633 bits per heavy atom. The van der Waals surface area contributed by atoms with E-state index in [2.05, 4.69) is 104 Å². The second kappa shape index (κ2) is 17.4. The first-order valence-electron chi connectivity index (χ1n) is 21.1. The van der Waals surface area contributed by atoms with Gasteiger partial charge in [-0.3, -0.25) is 9.59 Å². The fourth-order valence-electron chi connectivity index (χ4n) is 7.65. The van der Waals surface area contributed by atoms with Gasteiger partial charge in [-0.1, -0.05) is 151 Å². The largest absolute Gasteiger partial charge is 0.387 e. The third-order valence-electron chi connectivity index (χ3n) is 11.5. The smallest absolute Gasteiger partial charge is 0.229 e. The monoisotopic (exact) mass is 806 g/mol.